The number of carboxylic acid groups (broad SMARTS) is 1. The lowest BCUT2D eigenvalue weighted by Gasteiger charge is -2.11. The van der Waals surface area contributed by atoms with Crippen LogP contribution in [0.15, 0.2) is 24.3 Å². The maximum Gasteiger partial charge on any atom is 0.325 e. The molecule has 0 saturated heterocycles. The van der Waals surface area contributed by atoms with E-state index in [2.05, 4.69) is 10.6 Å². The molecule has 0 aromatic heterocycles. The van der Waals surface area contributed by atoms with Crippen molar-refractivity contribution in [3.63, 3.8) is 0 Å². The fourth-order valence-electron chi connectivity index (χ4n) is 1.24. The maximum atomic E-state index is 11.4. The fraction of sp³-hybridized carbons (Fsp3) is 0.250. The SMILES string of the molecule is CC(=O)c1cccc(NC(=O)N[C@@H](C)C(=O)O)c1. The highest BCUT2D eigenvalue weighted by Crippen LogP contribution is 2.10. The molecule has 96 valence electrons. The van der Waals surface area contributed by atoms with Crippen LogP contribution in [0.1, 0.15) is 24.2 Å². The highest BCUT2D eigenvalue weighted by atomic mass is 16.4. The first-order valence-corrected chi connectivity index (χ1v) is 5.31. The summed E-state index contributed by atoms with van der Waals surface area (Å²) in [5, 5.41) is 13.3. The summed E-state index contributed by atoms with van der Waals surface area (Å²) < 4.78 is 0. The summed E-state index contributed by atoms with van der Waals surface area (Å²) >= 11 is 0. The maximum absolute atomic E-state index is 11.4. The Morgan fingerprint density at radius 2 is 1.94 bits per heavy atom. The third-order valence-electron chi connectivity index (χ3n) is 2.24. The quantitative estimate of drug-likeness (QED) is 0.705. The van der Waals surface area contributed by atoms with Crippen LogP contribution in [-0.2, 0) is 4.79 Å². The summed E-state index contributed by atoms with van der Waals surface area (Å²) in [5.74, 6) is -1.24. The van der Waals surface area contributed by atoms with Crippen LogP contribution in [0.5, 0.6) is 0 Å². The Bertz CT molecular complexity index is 485. The molecule has 0 fully saturated rings. The number of hydrogen-bond donors (Lipinski definition) is 3. The van der Waals surface area contributed by atoms with Gasteiger partial charge in [-0.2, -0.15) is 0 Å². The lowest BCUT2D eigenvalue weighted by molar-refractivity contribution is -0.138. The van der Waals surface area contributed by atoms with Crippen LogP contribution in [0.25, 0.3) is 0 Å². The molecule has 0 aliphatic heterocycles. The van der Waals surface area contributed by atoms with Gasteiger partial charge in [-0.05, 0) is 26.0 Å². The molecule has 0 unspecified atom stereocenters. The molecule has 6 nitrogen and oxygen atoms in total. The van der Waals surface area contributed by atoms with Crippen LogP contribution in [0.3, 0.4) is 0 Å². The number of urea groups is 1. The molecule has 0 heterocycles. The van der Waals surface area contributed by atoms with Gasteiger partial charge in [0.25, 0.3) is 0 Å². The zero-order valence-corrected chi connectivity index (χ0v) is 10.1. The lowest BCUT2D eigenvalue weighted by Crippen LogP contribution is -2.40. The van der Waals surface area contributed by atoms with Crippen molar-refractivity contribution in [2.24, 2.45) is 0 Å². The predicted molar refractivity (Wildman–Crippen MR) is 65.7 cm³/mol. The van der Waals surface area contributed by atoms with Crippen LogP contribution >= 0.6 is 0 Å². The van der Waals surface area contributed by atoms with E-state index in [0.717, 1.165) is 0 Å². The second-order valence-electron chi connectivity index (χ2n) is 3.80. The van der Waals surface area contributed by atoms with Crippen LogP contribution in [0.4, 0.5) is 10.5 Å². The zero-order valence-electron chi connectivity index (χ0n) is 10.1. The smallest absolute Gasteiger partial charge is 0.325 e. The normalized spacial score (nSPS) is 11.4. The van der Waals surface area contributed by atoms with Gasteiger partial charge < -0.3 is 15.7 Å². The predicted octanol–water partition coefficient (Wildman–Crippen LogP) is 1.48. The molecule has 3 N–H and O–H groups in total. The standard InChI is InChI=1S/C12H14N2O4/c1-7(11(16)17)13-12(18)14-10-5-3-4-9(6-10)8(2)15/h3-7H,1-2H3,(H,16,17)(H2,13,14,18)/t7-/m0/s1. The van der Waals surface area contributed by atoms with Crippen molar-refractivity contribution in [3.8, 4) is 0 Å². The first-order chi connectivity index (χ1) is 8.40. The number of rotatable bonds is 4. The van der Waals surface area contributed by atoms with E-state index in [1.54, 1.807) is 18.2 Å². The number of anilines is 1. The number of carbonyl (C=O) groups excluding carboxylic acids is 2. The number of aliphatic carboxylic acids is 1. The number of amides is 2. The number of nitrogens with one attached hydrogen (secondary N) is 2. The molecule has 0 bridgehead atoms. The van der Waals surface area contributed by atoms with Gasteiger partial charge in [0.2, 0.25) is 0 Å². The van der Waals surface area contributed by atoms with E-state index in [1.165, 1.54) is 19.9 Å². The molecule has 1 atom stereocenters. The first-order valence-electron chi connectivity index (χ1n) is 5.31. The molecular formula is C12H14N2O4. The van der Waals surface area contributed by atoms with E-state index in [0.29, 0.717) is 11.3 Å². The Kier molecular flexibility index (Phi) is 4.42. The van der Waals surface area contributed by atoms with Crippen LogP contribution in [-0.4, -0.2) is 28.9 Å². The third kappa shape index (κ3) is 3.89. The van der Waals surface area contributed by atoms with E-state index in [4.69, 9.17) is 5.11 Å². The molecule has 0 spiro atoms. The Morgan fingerprint density at radius 1 is 1.28 bits per heavy atom. The Labute approximate surface area is 104 Å². The third-order valence-corrected chi connectivity index (χ3v) is 2.24. The number of hydrogen-bond acceptors (Lipinski definition) is 3. The van der Waals surface area contributed by atoms with E-state index in [-0.39, 0.29) is 5.78 Å². The molecule has 1 aromatic carbocycles. The van der Waals surface area contributed by atoms with Crippen molar-refractivity contribution >= 4 is 23.5 Å². The van der Waals surface area contributed by atoms with Crippen molar-refractivity contribution in [1.29, 1.82) is 0 Å². The van der Waals surface area contributed by atoms with Crippen LogP contribution in [0.2, 0.25) is 0 Å². The van der Waals surface area contributed by atoms with Crippen LogP contribution < -0.4 is 10.6 Å². The van der Waals surface area contributed by atoms with Crippen molar-refractivity contribution in [3.05, 3.63) is 29.8 Å². The molecule has 6 heteroatoms. The number of carbonyl (C=O) groups is 3. The average Bonchev–Trinajstić information content (AvgIpc) is 2.28. The first kappa shape index (κ1) is 13.7. The summed E-state index contributed by atoms with van der Waals surface area (Å²) in [6, 6.07) is 4.77. The molecule has 0 radical (unpaired) electrons. The molecule has 18 heavy (non-hydrogen) atoms. The highest BCUT2D eigenvalue weighted by molar-refractivity contribution is 5.97. The van der Waals surface area contributed by atoms with E-state index >= 15 is 0 Å². The highest BCUT2D eigenvalue weighted by Gasteiger charge is 2.13. The largest absolute Gasteiger partial charge is 0.480 e. The van der Waals surface area contributed by atoms with Crippen molar-refractivity contribution in [2.45, 2.75) is 19.9 Å². The minimum absolute atomic E-state index is 0.113. The average molecular weight is 250 g/mol. The summed E-state index contributed by atoms with van der Waals surface area (Å²) in [7, 11) is 0. The van der Waals surface area contributed by atoms with Crippen molar-refractivity contribution < 1.29 is 19.5 Å². The molecule has 1 rings (SSSR count). The van der Waals surface area contributed by atoms with Crippen molar-refractivity contribution in [2.75, 3.05) is 5.32 Å². The summed E-state index contributed by atoms with van der Waals surface area (Å²) in [4.78, 5) is 33.1. The van der Waals surface area contributed by atoms with E-state index in [1.807, 2.05) is 0 Å². The molecule has 0 aliphatic carbocycles. The number of ketones is 1. The zero-order chi connectivity index (χ0) is 13.7. The molecule has 0 saturated carbocycles. The van der Waals surface area contributed by atoms with Gasteiger partial charge in [-0.15, -0.1) is 0 Å². The molecular weight excluding hydrogens is 236 g/mol. The Balaban J connectivity index is 2.67. The lowest BCUT2D eigenvalue weighted by atomic mass is 10.1. The summed E-state index contributed by atoms with van der Waals surface area (Å²) in [6.07, 6.45) is 0. The molecule has 2 amide bonds. The summed E-state index contributed by atoms with van der Waals surface area (Å²) in [6.45, 7) is 2.78. The van der Waals surface area contributed by atoms with E-state index in [9.17, 15) is 14.4 Å². The topological polar surface area (TPSA) is 95.5 Å². The van der Waals surface area contributed by atoms with Gasteiger partial charge in [0.15, 0.2) is 5.78 Å². The van der Waals surface area contributed by atoms with Crippen molar-refractivity contribution in [1.82, 2.24) is 5.32 Å². The molecule has 1 aromatic rings. The second kappa shape index (κ2) is 5.81. The number of Topliss-reactive ketones (excluding diaryl/α,β-unsaturated/α-hetero) is 1. The number of benzene rings is 1. The minimum atomic E-state index is -1.12. The van der Waals surface area contributed by atoms with Gasteiger partial charge in [-0.1, -0.05) is 12.1 Å². The fourth-order valence-corrected chi connectivity index (χ4v) is 1.24. The van der Waals surface area contributed by atoms with Gasteiger partial charge >= 0.3 is 12.0 Å². The van der Waals surface area contributed by atoms with Gasteiger partial charge in [0.1, 0.15) is 6.04 Å². The monoisotopic (exact) mass is 250 g/mol. The number of carboxylic acids is 1. The minimum Gasteiger partial charge on any atom is -0.480 e. The van der Waals surface area contributed by atoms with E-state index < -0.39 is 18.0 Å². The van der Waals surface area contributed by atoms with Gasteiger partial charge in [-0.25, -0.2) is 4.79 Å². The Hall–Kier alpha value is -2.37. The van der Waals surface area contributed by atoms with Crippen LogP contribution in [0, 0.1) is 0 Å². The van der Waals surface area contributed by atoms with Gasteiger partial charge in [0.05, 0.1) is 0 Å². The van der Waals surface area contributed by atoms with Gasteiger partial charge in [0, 0.05) is 11.3 Å². The Morgan fingerprint density at radius 3 is 2.50 bits per heavy atom. The van der Waals surface area contributed by atoms with Gasteiger partial charge in [-0.3, -0.25) is 9.59 Å². The second-order valence-corrected chi connectivity index (χ2v) is 3.80. The summed E-state index contributed by atoms with van der Waals surface area (Å²) in [5.41, 5.74) is 0.900. The molecule has 0 aliphatic rings.